The Labute approximate surface area is 113 Å². The van der Waals surface area contributed by atoms with Gasteiger partial charge in [-0.1, -0.05) is 0 Å². The van der Waals surface area contributed by atoms with E-state index in [0.717, 1.165) is 37.4 Å². The Hall–Kier alpha value is -1.62. The average molecular weight is 260 g/mol. The molecule has 0 aromatic carbocycles. The summed E-state index contributed by atoms with van der Waals surface area (Å²) in [4.78, 5) is 20.5. The summed E-state index contributed by atoms with van der Waals surface area (Å²) < 4.78 is 0. The molecule has 3 heterocycles. The molecule has 0 aliphatic carbocycles. The molecule has 5 nitrogen and oxygen atoms in total. The number of nitrogens with zero attached hydrogens (tertiary/aromatic N) is 3. The Bertz CT molecular complexity index is 502. The topological polar surface area (TPSA) is 62.5 Å². The molecule has 2 saturated heterocycles. The maximum absolute atomic E-state index is 11.7. The third-order valence-electron chi connectivity index (χ3n) is 4.27. The minimum atomic E-state index is 0.306. The first kappa shape index (κ1) is 12.4. The van der Waals surface area contributed by atoms with Crippen LogP contribution in [0.1, 0.15) is 24.0 Å². The molecule has 102 valence electrons. The summed E-state index contributed by atoms with van der Waals surface area (Å²) in [6.45, 7) is 5.13. The van der Waals surface area contributed by atoms with Crippen molar-refractivity contribution in [1.82, 2.24) is 9.88 Å². The molecule has 1 unspecified atom stereocenters. The van der Waals surface area contributed by atoms with E-state index in [4.69, 9.17) is 5.73 Å². The first-order chi connectivity index (χ1) is 9.20. The largest absolute Gasteiger partial charge is 0.353 e. The molecular formula is C14H20N4O. The van der Waals surface area contributed by atoms with Gasteiger partial charge in [0, 0.05) is 50.4 Å². The predicted molar refractivity (Wildman–Crippen MR) is 73.8 cm³/mol. The van der Waals surface area contributed by atoms with Crippen LogP contribution in [-0.4, -0.2) is 41.5 Å². The molecule has 2 N–H and O–H groups in total. The van der Waals surface area contributed by atoms with Gasteiger partial charge in [-0.25, -0.2) is 4.98 Å². The number of rotatable bonds is 2. The molecule has 19 heavy (non-hydrogen) atoms. The van der Waals surface area contributed by atoms with E-state index in [1.54, 1.807) is 0 Å². The molecule has 2 aliphatic rings. The number of aromatic nitrogens is 1. The highest BCUT2D eigenvalue weighted by molar-refractivity contribution is 5.79. The number of carbonyl (C=O) groups is 1. The van der Waals surface area contributed by atoms with E-state index in [1.807, 2.05) is 17.2 Å². The first-order valence-corrected chi connectivity index (χ1v) is 6.89. The molecule has 1 aromatic rings. The van der Waals surface area contributed by atoms with Crippen molar-refractivity contribution in [3.05, 3.63) is 23.4 Å². The third kappa shape index (κ3) is 2.08. The number of carbonyl (C=O) groups excluding carboxylic acids is 1. The highest BCUT2D eigenvalue weighted by Gasteiger charge is 2.36. The zero-order valence-electron chi connectivity index (χ0n) is 11.3. The number of piperazine rings is 1. The summed E-state index contributed by atoms with van der Waals surface area (Å²) in [6, 6.07) is 2.36. The molecule has 1 amide bonds. The second-order valence-corrected chi connectivity index (χ2v) is 5.36. The highest BCUT2D eigenvalue weighted by Crippen LogP contribution is 2.27. The van der Waals surface area contributed by atoms with Gasteiger partial charge in [-0.05, 0) is 25.0 Å². The van der Waals surface area contributed by atoms with E-state index in [0.29, 0.717) is 24.9 Å². The van der Waals surface area contributed by atoms with Crippen molar-refractivity contribution in [3.63, 3.8) is 0 Å². The van der Waals surface area contributed by atoms with Crippen molar-refractivity contribution in [2.45, 2.75) is 32.4 Å². The molecule has 0 saturated carbocycles. The summed E-state index contributed by atoms with van der Waals surface area (Å²) in [5.74, 6) is 1.31. The molecule has 0 radical (unpaired) electrons. The molecule has 2 fully saturated rings. The zero-order valence-corrected chi connectivity index (χ0v) is 11.3. The highest BCUT2D eigenvalue weighted by atomic mass is 16.2. The monoisotopic (exact) mass is 260 g/mol. The fourth-order valence-corrected chi connectivity index (χ4v) is 3.16. The molecule has 0 bridgehead atoms. The molecule has 2 aliphatic heterocycles. The first-order valence-electron chi connectivity index (χ1n) is 6.89. The lowest BCUT2D eigenvalue weighted by atomic mass is 10.1. The van der Waals surface area contributed by atoms with Gasteiger partial charge in [-0.2, -0.15) is 0 Å². The SMILES string of the molecule is Cc1ccnc(N2CCN3C(=O)CCC3C2)c1CN. The number of pyridine rings is 1. The lowest BCUT2D eigenvalue weighted by Crippen LogP contribution is -2.52. The number of hydrogen-bond acceptors (Lipinski definition) is 4. The van der Waals surface area contributed by atoms with Gasteiger partial charge in [-0.3, -0.25) is 4.79 Å². The van der Waals surface area contributed by atoms with Crippen LogP contribution in [0.5, 0.6) is 0 Å². The van der Waals surface area contributed by atoms with Crippen LogP contribution >= 0.6 is 0 Å². The van der Waals surface area contributed by atoms with Gasteiger partial charge in [-0.15, -0.1) is 0 Å². The number of hydrogen-bond donors (Lipinski definition) is 1. The van der Waals surface area contributed by atoms with Crippen molar-refractivity contribution in [2.24, 2.45) is 5.73 Å². The van der Waals surface area contributed by atoms with Crippen molar-refractivity contribution in [2.75, 3.05) is 24.5 Å². The van der Waals surface area contributed by atoms with Crippen molar-refractivity contribution in [1.29, 1.82) is 0 Å². The van der Waals surface area contributed by atoms with Crippen LogP contribution in [0, 0.1) is 6.92 Å². The third-order valence-corrected chi connectivity index (χ3v) is 4.27. The van der Waals surface area contributed by atoms with Crippen LogP contribution < -0.4 is 10.6 Å². The fraction of sp³-hybridized carbons (Fsp3) is 0.571. The summed E-state index contributed by atoms with van der Waals surface area (Å²) in [5.41, 5.74) is 8.17. The Morgan fingerprint density at radius 1 is 1.47 bits per heavy atom. The van der Waals surface area contributed by atoms with Gasteiger partial charge < -0.3 is 15.5 Å². The molecule has 1 aromatic heterocycles. The number of nitrogens with two attached hydrogens (primary N) is 1. The van der Waals surface area contributed by atoms with Gasteiger partial charge in [0.05, 0.1) is 0 Å². The van der Waals surface area contributed by atoms with E-state index in [9.17, 15) is 4.79 Å². The molecule has 3 rings (SSSR count). The average Bonchev–Trinajstić information content (AvgIpc) is 2.79. The van der Waals surface area contributed by atoms with Crippen LogP contribution in [-0.2, 0) is 11.3 Å². The Balaban J connectivity index is 1.84. The molecule has 5 heteroatoms. The molecule has 0 spiro atoms. The van der Waals surface area contributed by atoms with Gasteiger partial charge in [0.1, 0.15) is 5.82 Å². The van der Waals surface area contributed by atoms with Gasteiger partial charge in [0.15, 0.2) is 0 Å². The lowest BCUT2D eigenvalue weighted by Gasteiger charge is -2.39. The van der Waals surface area contributed by atoms with Crippen LogP contribution in [0.15, 0.2) is 12.3 Å². The smallest absolute Gasteiger partial charge is 0.223 e. The Morgan fingerprint density at radius 2 is 2.32 bits per heavy atom. The van der Waals surface area contributed by atoms with Crippen LogP contribution in [0.2, 0.25) is 0 Å². The summed E-state index contributed by atoms with van der Waals surface area (Å²) in [7, 11) is 0. The van der Waals surface area contributed by atoms with Gasteiger partial charge in [0.2, 0.25) is 5.91 Å². The summed E-state index contributed by atoms with van der Waals surface area (Å²) >= 11 is 0. The van der Waals surface area contributed by atoms with Crippen LogP contribution in [0.4, 0.5) is 5.82 Å². The maximum Gasteiger partial charge on any atom is 0.223 e. The normalized spacial score (nSPS) is 22.8. The maximum atomic E-state index is 11.7. The van der Waals surface area contributed by atoms with E-state index in [1.165, 1.54) is 5.56 Å². The number of anilines is 1. The standard InChI is InChI=1S/C14H20N4O/c1-10-4-5-16-14(12(10)8-15)17-6-7-18-11(9-17)2-3-13(18)19/h4-5,11H,2-3,6-9,15H2,1H3. The van der Waals surface area contributed by atoms with Gasteiger partial charge >= 0.3 is 0 Å². The lowest BCUT2D eigenvalue weighted by molar-refractivity contribution is -0.129. The molecule has 1 atom stereocenters. The minimum absolute atomic E-state index is 0.306. The molecular weight excluding hydrogens is 240 g/mol. The van der Waals surface area contributed by atoms with Crippen molar-refractivity contribution >= 4 is 11.7 Å². The zero-order chi connectivity index (χ0) is 13.4. The quantitative estimate of drug-likeness (QED) is 0.848. The van der Waals surface area contributed by atoms with E-state index in [2.05, 4.69) is 16.8 Å². The van der Waals surface area contributed by atoms with Crippen molar-refractivity contribution < 1.29 is 4.79 Å². The minimum Gasteiger partial charge on any atom is -0.353 e. The summed E-state index contributed by atoms with van der Waals surface area (Å²) in [5, 5.41) is 0. The van der Waals surface area contributed by atoms with E-state index in [-0.39, 0.29) is 0 Å². The van der Waals surface area contributed by atoms with Crippen LogP contribution in [0.25, 0.3) is 0 Å². The fourth-order valence-electron chi connectivity index (χ4n) is 3.16. The predicted octanol–water partition coefficient (Wildman–Crippen LogP) is 0.660. The van der Waals surface area contributed by atoms with E-state index >= 15 is 0 Å². The second kappa shape index (κ2) is 4.81. The van der Waals surface area contributed by atoms with Crippen LogP contribution in [0.3, 0.4) is 0 Å². The number of amides is 1. The Kier molecular flexibility index (Phi) is 3.14. The Morgan fingerprint density at radius 3 is 3.11 bits per heavy atom. The summed E-state index contributed by atoms with van der Waals surface area (Å²) in [6.07, 6.45) is 3.51. The second-order valence-electron chi connectivity index (χ2n) is 5.36. The number of fused-ring (bicyclic) bond motifs is 1. The van der Waals surface area contributed by atoms with E-state index < -0.39 is 0 Å². The van der Waals surface area contributed by atoms with Crippen molar-refractivity contribution in [3.8, 4) is 0 Å². The van der Waals surface area contributed by atoms with Gasteiger partial charge in [0.25, 0.3) is 0 Å². The number of aryl methyl sites for hydroxylation is 1.